The molecule has 2 atom stereocenters. The molecular formula is C13H27N3O2. The number of rotatable bonds is 8. The molecule has 0 saturated heterocycles. The molecule has 0 aromatic rings. The lowest BCUT2D eigenvalue weighted by Gasteiger charge is -2.30. The van der Waals surface area contributed by atoms with Gasteiger partial charge < -0.3 is 16.3 Å². The SMILES string of the molecule is CCCCC(CC)C(=O)NC(C)(CC)/C(N)=N/O. The molecule has 0 aliphatic rings. The minimum Gasteiger partial charge on any atom is -0.409 e. The topological polar surface area (TPSA) is 87.7 Å². The molecule has 1 amide bonds. The Morgan fingerprint density at radius 1 is 1.44 bits per heavy atom. The van der Waals surface area contributed by atoms with E-state index in [1.54, 1.807) is 6.92 Å². The summed E-state index contributed by atoms with van der Waals surface area (Å²) in [4.78, 5) is 12.2. The number of unbranched alkanes of at least 4 members (excludes halogenated alkanes) is 1. The maximum absolute atomic E-state index is 12.2. The predicted molar refractivity (Wildman–Crippen MR) is 73.6 cm³/mol. The molecule has 5 heteroatoms. The van der Waals surface area contributed by atoms with Gasteiger partial charge in [0.2, 0.25) is 5.91 Å². The van der Waals surface area contributed by atoms with E-state index in [4.69, 9.17) is 10.9 Å². The van der Waals surface area contributed by atoms with Crippen LogP contribution in [0.3, 0.4) is 0 Å². The molecule has 0 saturated carbocycles. The Morgan fingerprint density at radius 3 is 2.44 bits per heavy atom. The van der Waals surface area contributed by atoms with E-state index in [2.05, 4.69) is 17.4 Å². The zero-order valence-corrected chi connectivity index (χ0v) is 12.0. The lowest BCUT2D eigenvalue weighted by molar-refractivity contribution is -0.126. The zero-order chi connectivity index (χ0) is 14.2. The fraction of sp³-hybridized carbons (Fsp3) is 0.846. The van der Waals surface area contributed by atoms with Crippen LogP contribution in [0.2, 0.25) is 0 Å². The molecule has 0 aliphatic carbocycles. The highest BCUT2D eigenvalue weighted by molar-refractivity contribution is 5.93. The number of carbonyl (C=O) groups is 1. The average Bonchev–Trinajstić information content (AvgIpc) is 2.38. The number of oxime groups is 1. The van der Waals surface area contributed by atoms with Crippen molar-refractivity contribution in [1.29, 1.82) is 0 Å². The smallest absolute Gasteiger partial charge is 0.223 e. The second kappa shape index (κ2) is 7.95. The Bertz CT molecular complexity index is 292. The third-order valence-corrected chi connectivity index (χ3v) is 3.55. The van der Waals surface area contributed by atoms with Crippen LogP contribution in [0.1, 0.15) is 59.8 Å². The highest BCUT2D eigenvalue weighted by Crippen LogP contribution is 2.16. The van der Waals surface area contributed by atoms with Crippen molar-refractivity contribution in [3.8, 4) is 0 Å². The van der Waals surface area contributed by atoms with Gasteiger partial charge in [0.05, 0.1) is 5.54 Å². The quantitative estimate of drug-likeness (QED) is 0.270. The van der Waals surface area contributed by atoms with Gasteiger partial charge in [0.25, 0.3) is 0 Å². The molecule has 2 unspecified atom stereocenters. The van der Waals surface area contributed by atoms with E-state index in [0.717, 1.165) is 25.7 Å². The molecule has 0 fully saturated rings. The van der Waals surface area contributed by atoms with Crippen LogP contribution in [-0.4, -0.2) is 22.5 Å². The number of amides is 1. The molecule has 106 valence electrons. The van der Waals surface area contributed by atoms with Crippen LogP contribution in [0.15, 0.2) is 5.16 Å². The van der Waals surface area contributed by atoms with Crippen molar-refractivity contribution in [3.05, 3.63) is 0 Å². The van der Waals surface area contributed by atoms with E-state index in [0.29, 0.717) is 6.42 Å². The fourth-order valence-electron chi connectivity index (χ4n) is 1.79. The van der Waals surface area contributed by atoms with Gasteiger partial charge in [-0.2, -0.15) is 0 Å². The summed E-state index contributed by atoms with van der Waals surface area (Å²) in [5, 5.41) is 14.7. The molecule has 0 aliphatic heterocycles. The Labute approximate surface area is 110 Å². The maximum atomic E-state index is 12.2. The van der Waals surface area contributed by atoms with Crippen molar-refractivity contribution in [2.45, 2.75) is 65.3 Å². The van der Waals surface area contributed by atoms with Crippen molar-refractivity contribution in [3.63, 3.8) is 0 Å². The van der Waals surface area contributed by atoms with Crippen LogP contribution < -0.4 is 11.1 Å². The molecule has 0 rings (SSSR count). The molecule has 0 aromatic heterocycles. The first-order valence-corrected chi connectivity index (χ1v) is 6.75. The third kappa shape index (κ3) is 4.55. The Balaban J connectivity index is 4.68. The summed E-state index contributed by atoms with van der Waals surface area (Å²) in [5.41, 5.74) is 4.86. The molecule has 0 spiro atoms. The van der Waals surface area contributed by atoms with Crippen LogP contribution in [0, 0.1) is 5.92 Å². The molecule has 0 aromatic carbocycles. The van der Waals surface area contributed by atoms with Gasteiger partial charge in [-0.15, -0.1) is 0 Å². The van der Waals surface area contributed by atoms with Gasteiger partial charge in [-0.05, 0) is 26.2 Å². The Morgan fingerprint density at radius 2 is 2.06 bits per heavy atom. The summed E-state index contributed by atoms with van der Waals surface area (Å²) in [6.07, 6.45) is 4.39. The summed E-state index contributed by atoms with van der Waals surface area (Å²) >= 11 is 0. The average molecular weight is 257 g/mol. The van der Waals surface area contributed by atoms with Gasteiger partial charge in [-0.3, -0.25) is 4.79 Å². The molecule has 18 heavy (non-hydrogen) atoms. The van der Waals surface area contributed by atoms with Crippen LogP contribution >= 0.6 is 0 Å². The Kier molecular flexibility index (Phi) is 7.39. The maximum Gasteiger partial charge on any atom is 0.223 e. The summed E-state index contributed by atoms with van der Waals surface area (Å²) in [6, 6.07) is 0. The first-order chi connectivity index (χ1) is 8.45. The lowest BCUT2D eigenvalue weighted by Crippen LogP contribution is -2.56. The highest BCUT2D eigenvalue weighted by atomic mass is 16.4. The van der Waals surface area contributed by atoms with Crippen LogP contribution in [0.4, 0.5) is 0 Å². The number of nitrogens with one attached hydrogen (secondary N) is 1. The van der Waals surface area contributed by atoms with Crippen LogP contribution in [0.25, 0.3) is 0 Å². The van der Waals surface area contributed by atoms with Crippen molar-refractivity contribution in [2.75, 3.05) is 0 Å². The summed E-state index contributed by atoms with van der Waals surface area (Å²) < 4.78 is 0. The Hall–Kier alpha value is -1.26. The van der Waals surface area contributed by atoms with Gasteiger partial charge in [0.1, 0.15) is 0 Å². The van der Waals surface area contributed by atoms with E-state index in [1.807, 2.05) is 13.8 Å². The number of nitrogens with two attached hydrogens (primary N) is 1. The van der Waals surface area contributed by atoms with Crippen LogP contribution in [0.5, 0.6) is 0 Å². The molecular weight excluding hydrogens is 230 g/mol. The van der Waals surface area contributed by atoms with Gasteiger partial charge in [0, 0.05) is 5.92 Å². The minimum absolute atomic E-state index is 0.00215. The number of nitrogens with zero attached hydrogens (tertiary/aromatic N) is 1. The van der Waals surface area contributed by atoms with E-state index >= 15 is 0 Å². The second-order valence-corrected chi connectivity index (χ2v) is 4.91. The zero-order valence-electron chi connectivity index (χ0n) is 12.0. The second-order valence-electron chi connectivity index (χ2n) is 4.91. The van der Waals surface area contributed by atoms with Gasteiger partial charge in [0.15, 0.2) is 5.84 Å². The van der Waals surface area contributed by atoms with Crippen molar-refractivity contribution in [1.82, 2.24) is 5.32 Å². The van der Waals surface area contributed by atoms with E-state index in [1.165, 1.54) is 0 Å². The number of amidine groups is 1. The minimum atomic E-state index is -0.772. The first kappa shape index (κ1) is 16.7. The molecule has 0 bridgehead atoms. The van der Waals surface area contributed by atoms with Gasteiger partial charge in [-0.25, -0.2) is 0 Å². The first-order valence-electron chi connectivity index (χ1n) is 6.75. The van der Waals surface area contributed by atoms with Crippen molar-refractivity contribution >= 4 is 11.7 Å². The predicted octanol–water partition coefficient (Wildman–Crippen LogP) is 2.23. The van der Waals surface area contributed by atoms with E-state index in [-0.39, 0.29) is 17.7 Å². The fourth-order valence-corrected chi connectivity index (χ4v) is 1.79. The molecule has 4 N–H and O–H groups in total. The largest absolute Gasteiger partial charge is 0.409 e. The van der Waals surface area contributed by atoms with Gasteiger partial charge >= 0.3 is 0 Å². The summed E-state index contributed by atoms with van der Waals surface area (Å²) in [6.45, 7) is 7.78. The van der Waals surface area contributed by atoms with Crippen molar-refractivity contribution < 1.29 is 10.0 Å². The summed E-state index contributed by atoms with van der Waals surface area (Å²) in [7, 11) is 0. The number of hydrogen-bond acceptors (Lipinski definition) is 3. The third-order valence-electron chi connectivity index (χ3n) is 3.55. The van der Waals surface area contributed by atoms with Crippen molar-refractivity contribution in [2.24, 2.45) is 16.8 Å². The molecule has 0 radical (unpaired) electrons. The van der Waals surface area contributed by atoms with Crippen LogP contribution in [-0.2, 0) is 4.79 Å². The number of hydrogen-bond donors (Lipinski definition) is 3. The standard InChI is InChI=1S/C13H27N3O2/c1-5-8-9-10(6-2)11(17)15-13(4,7-3)12(14)16-18/h10,18H,5-9H2,1-4H3,(H2,14,16)(H,15,17). The molecule has 0 heterocycles. The lowest BCUT2D eigenvalue weighted by atomic mass is 9.93. The summed E-state index contributed by atoms with van der Waals surface area (Å²) in [5.74, 6) is 0.0351. The van der Waals surface area contributed by atoms with E-state index in [9.17, 15) is 4.79 Å². The molecule has 5 nitrogen and oxygen atoms in total. The highest BCUT2D eigenvalue weighted by Gasteiger charge is 2.31. The van der Waals surface area contributed by atoms with Gasteiger partial charge in [-0.1, -0.05) is 38.8 Å². The number of carbonyl (C=O) groups excluding carboxylic acids is 1. The van der Waals surface area contributed by atoms with E-state index < -0.39 is 5.54 Å². The monoisotopic (exact) mass is 257 g/mol. The normalized spacial score (nSPS) is 17.0.